The van der Waals surface area contributed by atoms with E-state index in [-0.39, 0.29) is 24.0 Å². The van der Waals surface area contributed by atoms with E-state index in [0.29, 0.717) is 5.92 Å². The van der Waals surface area contributed by atoms with Gasteiger partial charge in [0.2, 0.25) is 5.91 Å². The van der Waals surface area contributed by atoms with Gasteiger partial charge in [-0.2, -0.15) is 0 Å². The van der Waals surface area contributed by atoms with E-state index in [1.54, 1.807) is 0 Å². The van der Waals surface area contributed by atoms with Gasteiger partial charge in [0, 0.05) is 31.6 Å². The van der Waals surface area contributed by atoms with Gasteiger partial charge in [0.25, 0.3) is 0 Å². The minimum absolute atomic E-state index is 0.00799. The van der Waals surface area contributed by atoms with Crippen molar-refractivity contribution < 1.29 is 9.53 Å². The molecule has 31 heavy (non-hydrogen) atoms. The van der Waals surface area contributed by atoms with Crippen LogP contribution in [0, 0.1) is 11.8 Å². The average molecular weight is 420 g/mol. The van der Waals surface area contributed by atoms with Crippen molar-refractivity contribution in [3.8, 4) is 5.75 Å². The molecule has 1 aromatic heterocycles. The molecule has 164 valence electrons. The van der Waals surface area contributed by atoms with E-state index in [1.165, 1.54) is 17.5 Å². The van der Waals surface area contributed by atoms with E-state index < -0.39 is 0 Å². The second kappa shape index (κ2) is 8.99. The number of ether oxygens (including phenoxy) is 1. The molecule has 2 aliphatic heterocycles. The fourth-order valence-electron chi connectivity index (χ4n) is 5.27. The van der Waals surface area contributed by atoms with Crippen molar-refractivity contribution in [1.29, 1.82) is 0 Å². The number of pyridine rings is 1. The quantitative estimate of drug-likeness (QED) is 0.760. The molecule has 5 rings (SSSR count). The fraction of sp³-hybridized carbons (Fsp3) is 0.538. The zero-order chi connectivity index (χ0) is 21.2. The van der Waals surface area contributed by atoms with Gasteiger partial charge in [-0.15, -0.1) is 0 Å². The third-order valence-corrected chi connectivity index (χ3v) is 7.16. The molecule has 3 aliphatic rings. The number of likely N-dealkylation sites (tertiary alicyclic amines) is 1. The molecule has 1 saturated heterocycles. The second-order valence-electron chi connectivity index (χ2n) is 9.58. The van der Waals surface area contributed by atoms with Crippen molar-refractivity contribution in [2.45, 2.75) is 64.1 Å². The molecule has 2 fully saturated rings. The van der Waals surface area contributed by atoms with Gasteiger partial charge in [-0.1, -0.05) is 24.6 Å². The molecule has 1 amide bonds. The summed E-state index contributed by atoms with van der Waals surface area (Å²) >= 11 is 0. The molecule has 5 heteroatoms. The first-order valence-electron chi connectivity index (χ1n) is 11.9. The Morgan fingerprint density at radius 1 is 1.23 bits per heavy atom. The van der Waals surface area contributed by atoms with Crippen LogP contribution in [0.15, 0.2) is 42.6 Å². The highest BCUT2D eigenvalue weighted by Gasteiger charge is 2.33. The zero-order valence-corrected chi connectivity index (χ0v) is 18.4. The van der Waals surface area contributed by atoms with Crippen molar-refractivity contribution in [1.82, 2.24) is 15.2 Å². The Balaban J connectivity index is 1.29. The Kier molecular flexibility index (Phi) is 5.95. The van der Waals surface area contributed by atoms with Gasteiger partial charge in [-0.25, -0.2) is 0 Å². The van der Waals surface area contributed by atoms with Gasteiger partial charge in [0.05, 0.1) is 11.7 Å². The van der Waals surface area contributed by atoms with Crippen LogP contribution in [0.25, 0.3) is 0 Å². The molecule has 1 aromatic carbocycles. The topological polar surface area (TPSA) is 54.5 Å². The van der Waals surface area contributed by atoms with Crippen molar-refractivity contribution in [2.75, 3.05) is 13.1 Å². The van der Waals surface area contributed by atoms with E-state index in [0.717, 1.165) is 63.2 Å². The molecule has 1 saturated carbocycles. The van der Waals surface area contributed by atoms with Gasteiger partial charge >= 0.3 is 0 Å². The number of amides is 1. The van der Waals surface area contributed by atoms with Crippen molar-refractivity contribution in [2.24, 2.45) is 11.8 Å². The third kappa shape index (κ3) is 4.62. The Morgan fingerprint density at radius 3 is 2.90 bits per heavy atom. The summed E-state index contributed by atoms with van der Waals surface area (Å²) in [5.41, 5.74) is 3.67. The summed E-state index contributed by atoms with van der Waals surface area (Å²) in [6.45, 7) is 5.16. The van der Waals surface area contributed by atoms with E-state index in [2.05, 4.69) is 46.4 Å². The van der Waals surface area contributed by atoms with Crippen LogP contribution in [-0.4, -0.2) is 35.0 Å². The molecule has 3 atom stereocenters. The van der Waals surface area contributed by atoms with E-state index in [9.17, 15) is 4.79 Å². The highest BCUT2D eigenvalue weighted by Crippen LogP contribution is 2.33. The number of piperidine rings is 1. The summed E-state index contributed by atoms with van der Waals surface area (Å²) in [5.74, 6) is 1.83. The van der Waals surface area contributed by atoms with E-state index >= 15 is 0 Å². The monoisotopic (exact) mass is 419 g/mol. The van der Waals surface area contributed by atoms with Crippen LogP contribution in [-0.2, 0) is 17.8 Å². The van der Waals surface area contributed by atoms with Crippen LogP contribution < -0.4 is 10.1 Å². The third-order valence-electron chi connectivity index (χ3n) is 7.16. The predicted molar refractivity (Wildman–Crippen MR) is 121 cm³/mol. The lowest BCUT2D eigenvalue weighted by molar-refractivity contribution is -0.128. The standard InChI is InChI=1S/C26H33N3O2/c1-18-14-22-15-19(10-11-24(22)31-18)16-29-13-5-8-21(17-29)25(23-9-2-3-12-27-23)28-26(30)20-6-4-7-20/h2-3,9-12,15,18,20-21,25H,4-8,13-14,16-17H2,1H3,(H,28,30). The lowest BCUT2D eigenvalue weighted by Gasteiger charge is -2.38. The van der Waals surface area contributed by atoms with Crippen LogP contribution in [0.1, 0.15) is 61.9 Å². The Hall–Kier alpha value is -2.40. The maximum Gasteiger partial charge on any atom is 0.223 e. The Labute approximate surface area is 185 Å². The van der Waals surface area contributed by atoms with Gasteiger partial charge in [-0.3, -0.25) is 14.7 Å². The summed E-state index contributed by atoms with van der Waals surface area (Å²) in [6.07, 6.45) is 8.62. The first kappa shape index (κ1) is 20.5. The highest BCUT2D eigenvalue weighted by atomic mass is 16.5. The molecule has 1 N–H and O–H groups in total. The molecular weight excluding hydrogens is 386 g/mol. The molecule has 0 spiro atoms. The molecule has 0 bridgehead atoms. The number of carbonyl (C=O) groups is 1. The zero-order valence-electron chi connectivity index (χ0n) is 18.4. The van der Waals surface area contributed by atoms with Gasteiger partial charge in [0.15, 0.2) is 0 Å². The first-order chi connectivity index (χ1) is 15.2. The number of carbonyl (C=O) groups excluding carboxylic acids is 1. The van der Waals surface area contributed by atoms with Gasteiger partial charge in [-0.05, 0) is 74.4 Å². The number of hydrogen-bond acceptors (Lipinski definition) is 4. The molecule has 3 unspecified atom stereocenters. The Morgan fingerprint density at radius 2 is 2.13 bits per heavy atom. The number of nitrogens with zero attached hydrogens (tertiary/aromatic N) is 2. The molecule has 2 aromatic rings. The number of benzene rings is 1. The van der Waals surface area contributed by atoms with Crippen LogP contribution in [0.4, 0.5) is 0 Å². The van der Waals surface area contributed by atoms with Crippen LogP contribution in [0.2, 0.25) is 0 Å². The first-order valence-corrected chi connectivity index (χ1v) is 11.9. The SMILES string of the molecule is CC1Cc2cc(CN3CCCC(C(NC(=O)C4CCC4)c4ccccn4)C3)ccc2O1. The highest BCUT2D eigenvalue weighted by molar-refractivity contribution is 5.79. The van der Waals surface area contributed by atoms with Crippen molar-refractivity contribution in [3.63, 3.8) is 0 Å². The van der Waals surface area contributed by atoms with Crippen LogP contribution in [0.5, 0.6) is 5.75 Å². The molecule has 1 aliphatic carbocycles. The normalized spacial score (nSPS) is 24.7. The fourth-order valence-corrected chi connectivity index (χ4v) is 5.27. The lowest BCUT2D eigenvalue weighted by Crippen LogP contribution is -2.45. The van der Waals surface area contributed by atoms with Crippen LogP contribution in [0.3, 0.4) is 0 Å². The largest absolute Gasteiger partial charge is 0.490 e. The smallest absolute Gasteiger partial charge is 0.223 e. The number of aromatic nitrogens is 1. The van der Waals surface area contributed by atoms with Crippen molar-refractivity contribution in [3.05, 3.63) is 59.4 Å². The molecule has 5 nitrogen and oxygen atoms in total. The lowest BCUT2D eigenvalue weighted by atomic mass is 9.83. The van der Waals surface area contributed by atoms with Gasteiger partial charge < -0.3 is 10.1 Å². The summed E-state index contributed by atoms with van der Waals surface area (Å²) in [5, 5.41) is 3.38. The minimum Gasteiger partial charge on any atom is -0.490 e. The predicted octanol–water partition coefficient (Wildman–Crippen LogP) is 4.27. The summed E-state index contributed by atoms with van der Waals surface area (Å²) in [6, 6.07) is 12.7. The van der Waals surface area contributed by atoms with E-state index in [4.69, 9.17) is 4.74 Å². The number of hydrogen-bond donors (Lipinski definition) is 1. The van der Waals surface area contributed by atoms with Crippen molar-refractivity contribution >= 4 is 5.91 Å². The Bertz CT molecular complexity index is 912. The summed E-state index contributed by atoms with van der Waals surface area (Å²) < 4.78 is 5.86. The molecule has 0 radical (unpaired) electrons. The number of fused-ring (bicyclic) bond motifs is 1. The molecular formula is C26H33N3O2. The maximum absolute atomic E-state index is 12.8. The van der Waals surface area contributed by atoms with Crippen LogP contribution >= 0.6 is 0 Å². The maximum atomic E-state index is 12.8. The summed E-state index contributed by atoms with van der Waals surface area (Å²) in [7, 11) is 0. The summed E-state index contributed by atoms with van der Waals surface area (Å²) in [4.78, 5) is 20.0. The molecule has 3 heterocycles. The second-order valence-corrected chi connectivity index (χ2v) is 9.58. The number of rotatable bonds is 6. The minimum atomic E-state index is -0.00799. The van der Waals surface area contributed by atoms with E-state index in [1.807, 2.05) is 18.3 Å². The van der Waals surface area contributed by atoms with Gasteiger partial charge in [0.1, 0.15) is 11.9 Å². The average Bonchev–Trinajstić information content (AvgIpc) is 3.11. The number of nitrogens with one attached hydrogen (secondary N) is 1.